The van der Waals surface area contributed by atoms with Crippen LogP contribution in [0.15, 0.2) is 0 Å². The molecule has 0 aromatic rings. The van der Waals surface area contributed by atoms with Crippen molar-refractivity contribution in [2.24, 2.45) is 34.3 Å². The number of rotatable bonds is 1. The highest BCUT2D eigenvalue weighted by Crippen LogP contribution is 2.73. The molecule has 0 spiro atoms. The van der Waals surface area contributed by atoms with Gasteiger partial charge in [0.1, 0.15) is 0 Å². The van der Waals surface area contributed by atoms with E-state index in [1.807, 2.05) is 0 Å². The summed E-state index contributed by atoms with van der Waals surface area (Å²) < 4.78 is 0. The highest BCUT2D eigenvalue weighted by atomic mass is 15.0. The highest BCUT2D eigenvalue weighted by molar-refractivity contribution is 5.26. The van der Waals surface area contributed by atoms with Gasteiger partial charge in [-0.3, -0.25) is 0 Å². The second-order valence-electron chi connectivity index (χ2n) is 8.23. The monoisotopic (exact) mass is 219 g/mol. The second-order valence-corrected chi connectivity index (χ2v) is 8.23. The van der Waals surface area contributed by atoms with Crippen molar-refractivity contribution in [2.45, 2.75) is 64.3 Å². The van der Waals surface area contributed by atoms with Crippen LogP contribution in [0.4, 0.5) is 0 Å². The van der Waals surface area contributed by atoms with Crippen LogP contribution in [0.3, 0.4) is 0 Å². The highest BCUT2D eigenvalue weighted by Gasteiger charge is 2.71. The minimum absolute atomic E-state index is 0.204. The van der Waals surface area contributed by atoms with Crippen molar-refractivity contribution in [3.63, 3.8) is 0 Å². The molecule has 1 unspecified atom stereocenters. The summed E-state index contributed by atoms with van der Waals surface area (Å²) in [6, 6.07) is 0. The smallest absolute Gasteiger partial charge is 0.0270 e. The van der Waals surface area contributed by atoms with Gasteiger partial charge in [0, 0.05) is 5.54 Å². The fourth-order valence-electron chi connectivity index (χ4n) is 6.22. The maximum atomic E-state index is 6.82. The third-order valence-corrected chi connectivity index (χ3v) is 6.79. The molecule has 5 aliphatic rings. The minimum Gasteiger partial charge on any atom is -0.324 e. The molecule has 5 fully saturated rings. The molecule has 1 atom stereocenters. The Hall–Kier alpha value is -0.0400. The van der Waals surface area contributed by atoms with Gasteiger partial charge in [-0.1, -0.05) is 13.8 Å². The third-order valence-electron chi connectivity index (χ3n) is 6.79. The predicted molar refractivity (Wildman–Crippen MR) is 65.9 cm³/mol. The lowest BCUT2D eigenvalue weighted by Gasteiger charge is -2.60. The van der Waals surface area contributed by atoms with Crippen LogP contribution in [0.25, 0.3) is 0 Å². The Morgan fingerprint density at radius 3 is 1.56 bits per heavy atom. The van der Waals surface area contributed by atoms with Gasteiger partial charge < -0.3 is 5.73 Å². The van der Waals surface area contributed by atoms with E-state index in [1.54, 1.807) is 0 Å². The second kappa shape index (κ2) is 2.53. The van der Waals surface area contributed by atoms with Gasteiger partial charge in [0.2, 0.25) is 0 Å². The van der Waals surface area contributed by atoms with E-state index < -0.39 is 0 Å². The summed E-state index contributed by atoms with van der Waals surface area (Å²) in [6.07, 6.45) is 10.3. The van der Waals surface area contributed by atoms with E-state index in [-0.39, 0.29) is 5.54 Å². The van der Waals surface area contributed by atoms with Crippen LogP contribution in [0.1, 0.15) is 58.8 Å². The van der Waals surface area contributed by atoms with Gasteiger partial charge in [0.25, 0.3) is 0 Å². The summed E-state index contributed by atoms with van der Waals surface area (Å²) >= 11 is 0. The molecule has 0 amide bonds. The van der Waals surface area contributed by atoms with Crippen LogP contribution in [0.5, 0.6) is 0 Å². The molecule has 0 saturated heterocycles. The predicted octanol–water partition coefficient (Wildman–Crippen LogP) is 3.33. The molecule has 5 saturated carbocycles. The normalized spacial score (nSPS) is 61.3. The fourth-order valence-corrected chi connectivity index (χ4v) is 6.22. The van der Waals surface area contributed by atoms with E-state index in [9.17, 15) is 0 Å². The van der Waals surface area contributed by atoms with E-state index in [2.05, 4.69) is 13.8 Å². The molecule has 90 valence electrons. The van der Waals surface area contributed by atoms with E-state index in [1.165, 1.54) is 44.9 Å². The lowest BCUT2D eigenvalue weighted by Crippen LogP contribution is -2.57. The van der Waals surface area contributed by atoms with Crippen molar-refractivity contribution in [3.8, 4) is 0 Å². The van der Waals surface area contributed by atoms with Gasteiger partial charge in [0.05, 0.1) is 0 Å². The van der Waals surface area contributed by atoms with E-state index >= 15 is 0 Å². The van der Waals surface area contributed by atoms with Crippen LogP contribution in [-0.2, 0) is 0 Å². The molecular weight excluding hydrogens is 194 g/mol. The maximum Gasteiger partial charge on any atom is 0.0270 e. The van der Waals surface area contributed by atoms with Crippen LogP contribution >= 0.6 is 0 Å². The SMILES string of the molecule is CC1(C)CC1(N)C12CC3CC(CC(C3)C1)C2. The van der Waals surface area contributed by atoms with Gasteiger partial charge in [-0.15, -0.1) is 0 Å². The molecule has 5 aliphatic carbocycles. The van der Waals surface area contributed by atoms with Gasteiger partial charge >= 0.3 is 0 Å². The zero-order valence-electron chi connectivity index (χ0n) is 10.8. The van der Waals surface area contributed by atoms with Gasteiger partial charge in [-0.05, 0) is 73.5 Å². The quantitative estimate of drug-likeness (QED) is 0.719. The van der Waals surface area contributed by atoms with Crippen molar-refractivity contribution in [1.82, 2.24) is 0 Å². The molecule has 1 nitrogen and oxygen atoms in total. The first-order valence-corrected chi connectivity index (χ1v) is 7.23. The van der Waals surface area contributed by atoms with Crippen molar-refractivity contribution >= 4 is 0 Å². The van der Waals surface area contributed by atoms with Crippen molar-refractivity contribution in [1.29, 1.82) is 0 Å². The average Bonchev–Trinajstić information content (AvgIpc) is 2.65. The molecule has 4 bridgehead atoms. The lowest BCUT2D eigenvalue weighted by atomic mass is 9.46. The summed E-state index contributed by atoms with van der Waals surface area (Å²) in [7, 11) is 0. The minimum atomic E-state index is 0.204. The molecule has 1 heteroatoms. The molecule has 5 rings (SSSR count). The topological polar surface area (TPSA) is 26.0 Å². The third kappa shape index (κ3) is 0.978. The maximum absolute atomic E-state index is 6.82. The Bertz CT molecular complexity index is 308. The Balaban J connectivity index is 1.73. The number of hydrogen-bond donors (Lipinski definition) is 1. The largest absolute Gasteiger partial charge is 0.324 e. The Morgan fingerprint density at radius 2 is 1.25 bits per heavy atom. The molecule has 0 aliphatic heterocycles. The van der Waals surface area contributed by atoms with Gasteiger partial charge in [-0.2, -0.15) is 0 Å². The zero-order valence-corrected chi connectivity index (χ0v) is 10.8. The first-order chi connectivity index (χ1) is 7.44. The van der Waals surface area contributed by atoms with Crippen LogP contribution in [0, 0.1) is 28.6 Å². The van der Waals surface area contributed by atoms with E-state index in [4.69, 9.17) is 5.73 Å². The van der Waals surface area contributed by atoms with Crippen LogP contribution < -0.4 is 5.73 Å². The van der Waals surface area contributed by atoms with Crippen molar-refractivity contribution in [2.75, 3.05) is 0 Å². The Labute approximate surface area is 99.2 Å². The molecule has 2 N–H and O–H groups in total. The van der Waals surface area contributed by atoms with Gasteiger partial charge in [0.15, 0.2) is 0 Å². The van der Waals surface area contributed by atoms with Crippen LogP contribution in [-0.4, -0.2) is 5.54 Å². The summed E-state index contributed by atoms with van der Waals surface area (Å²) in [5.41, 5.74) is 8.02. The molecular formula is C15H25N. The Kier molecular flexibility index (Phi) is 1.57. The van der Waals surface area contributed by atoms with Crippen LogP contribution in [0.2, 0.25) is 0 Å². The zero-order chi connectivity index (χ0) is 11.2. The standard InChI is InChI=1S/C15H25N/c1-13(2)9-15(13,16)14-6-10-3-11(7-14)5-12(4-10)8-14/h10-12H,3-9,16H2,1-2H3. The summed E-state index contributed by atoms with van der Waals surface area (Å²) in [5, 5.41) is 0. The van der Waals surface area contributed by atoms with E-state index in [0.717, 1.165) is 17.8 Å². The van der Waals surface area contributed by atoms with Gasteiger partial charge in [-0.25, -0.2) is 0 Å². The summed E-state index contributed by atoms with van der Waals surface area (Å²) in [6.45, 7) is 4.79. The average molecular weight is 219 g/mol. The number of hydrogen-bond acceptors (Lipinski definition) is 1. The molecule has 0 aromatic heterocycles. The summed E-state index contributed by atoms with van der Waals surface area (Å²) in [5.74, 6) is 3.13. The van der Waals surface area contributed by atoms with Crippen molar-refractivity contribution in [3.05, 3.63) is 0 Å². The summed E-state index contributed by atoms with van der Waals surface area (Å²) in [4.78, 5) is 0. The first kappa shape index (κ1) is 9.94. The molecule has 0 radical (unpaired) electrons. The number of nitrogens with two attached hydrogens (primary N) is 1. The molecule has 16 heavy (non-hydrogen) atoms. The lowest BCUT2D eigenvalue weighted by molar-refractivity contribution is -0.0802. The Morgan fingerprint density at radius 1 is 0.875 bits per heavy atom. The van der Waals surface area contributed by atoms with E-state index in [0.29, 0.717) is 10.8 Å². The molecule has 0 aromatic carbocycles. The first-order valence-electron chi connectivity index (χ1n) is 7.23. The van der Waals surface area contributed by atoms with Crippen molar-refractivity contribution < 1.29 is 0 Å². The fraction of sp³-hybridized carbons (Fsp3) is 1.00. The molecule has 0 heterocycles.